The van der Waals surface area contributed by atoms with Gasteiger partial charge in [0.15, 0.2) is 0 Å². The zero-order valence-corrected chi connectivity index (χ0v) is 20.6. The molecule has 170 valence electrons. The molecule has 4 nitrogen and oxygen atoms in total. The second-order valence-corrected chi connectivity index (χ2v) is 14.6. The van der Waals surface area contributed by atoms with E-state index in [-0.39, 0.29) is 4.90 Å². The molecule has 0 amide bonds. The predicted octanol–water partition coefficient (Wildman–Crippen LogP) is 4.78. The summed E-state index contributed by atoms with van der Waals surface area (Å²) < 4.78 is 39.5. The van der Waals surface area contributed by atoms with Gasteiger partial charge in [-0.1, -0.05) is 0 Å². The molecule has 0 unspecified atom stereocenters. The van der Waals surface area contributed by atoms with E-state index in [4.69, 9.17) is 8.71 Å². The van der Waals surface area contributed by atoms with Gasteiger partial charge in [0.25, 0.3) is 0 Å². The minimum atomic E-state index is -4.13. The molecule has 0 atom stereocenters. The third-order valence-corrected chi connectivity index (χ3v) is 13.8. The summed E-state index contributed by atoms with van der Waals surface area (Å²) in [7, 11) is -2.52. The van der Waals surface area contributed by atoms with Gasteiger partial charge in [-0.2, -0.15) is 0 Å². The third-order valence-electron chi connectivity index (χ3n) is 6.04. The summed E-state index contributed by atoms with van der Waals surface area (Å²) in [6.07, 6.45) is 0. The quantitative estimate of drug-likeness (QED) is 0.359. The van der Waals surface area contributed by atoms with E-state index >= 15 is 0 Å². The Morgan fingerprint density at radius 1 is 0.636 bits per heavy atom. The molecule has 6 heteroatoms. The van der Waals surface area contributed by atoms with Crippen LogP contribution in [0.5, 0.6) is 5.75 Å². The van der Waals surface area contributed by atoms with Crippen molar-refractivity contribution in [2.24, 2.45) is 0 Å². The van der Waals surface area contributed by atoms with Crippen LogP contribution in [0.4, 0.5) is 0 Å². The molecule has 0 fully saturated rings. The monoisotopic (exact) mass is 478 g/mol. The van der Waals surface area contributed by atoms with Gasteiger partial charge in [-0.25, -0.2) is 0 Å². The summed E-state index contributed by atoms with van der Waals surface area (Å²) in [5, 5.41) is 2.42. The zero-order valence-electron chi connectivity index (χ0n) is 18.9. The third kappa shape index (κ3) is 4.08. The van der Waals surface area contributed by atoms with Crippen LogP contribution in [0.3, 0.4) is 0 Å². The topological polar surface area (TPSA) is 52.6 Å². The van der Waals surface area contributed by atoms with Gasteiger partial charge in [0.2, 0.25) is 0 Å². The molecule has 0 N–H and O–H groups in total. The molecular formula is C27H27O4PS. The van der Waals surface area contributed by atoms with E-state index in [2.05, 4.69) is 0 Å². The second-order valence-electron chi connectivity index (χ2n) is 8.17. The Kier molecular flexibility index (Phi) is 6.15. The Bertz CT molecular complexity index is 1300. The van der Waals surface area contributed by atoms with Crippen molar-refractivity contribution in [2.45, 2.75) is 11.8 Å². The molecule has 0 radical (unpaired) electrons. The first kappa shape index (κ1) is 23.2. The van der Waals surface area contributed by atoms with E-state index in [0.717, 1.165) is 21.5 Å². The van der Waals surface area contributed by atoms with Gasteiger partial charge in [-0.3, -0.25) is 0 Å². The van der Waals surface area contributed by atoms with Crippen LogP contribution in [0.1, 0.15) is 5.56 Å². The van der Waals surface area contributed by atoms with Crippen LogP contribution in [-0.4, -0.2) is 22.2 Å². The number of benzene rings is 4. The molecular weight excluding hydrogens is 451 g/mol. The van der Waals surface area contributed by atoms with Crippen LogP contribution in [0.15, 0.2) is 114 Å². The fraction of sp³-hybridized carbons (Fsp3) is 0.111. The molecule has 0 aliphatic heterocycles. The van der Waals surface area contributed by atoms with Crippen molar-refractivity contribution in [1.82, 2.24) is 0 Å². The summed E-state index contributed by atoms with van der Waals surface area (Å²) in [5.41, 5.74) is 0.976. The van der Waals surface area contributed by atoms with E-state index in [1.165, 1.54) is 0 Å². The Morgan fingerprint density at radius 2 is 1.09 bits per heavy atom. The van der Waals surface area contributed by atoms with Gasteiger partial charge < -0.3 is 0 Å². The first-order chi connectivity index (χ1) is 15.8. The molecule has 0 aromatic heterocycles. The maximum absolute atomic E-state index is 13.8. The number of aryl methyl sites for hydroxylation is 1. The van der Waals surface area contributed by atoms with Gasteiger partial charge in [-0.15, -0.1) is 0 Å². The molecule has 0 aliphatic carbocycles. The van der Waals surface area contributed by atoms with Gasteiger partial charge in [0.1, 0.15) is 0 Å². The van der Waals surface area contributed by atoms with Gasteiger partial charge in [0.05, 0.1) is 0 Å². The molecule has 4 aromatic carbocycles. The van der Waals surface area contributed by atoms with Crippen molar-refractivity contribution in [3.63, 3.8) is 0 Å². The van der Waals surface area contributed by atoms with Gasteiger partial charge in [-0.05, 0) is 0 Å². The van der Waals surface area contributed by atoms with Crippen LogP contribution in [0.2, 0.25) is 0 Å². The first-order valence-electron chi connectivity index (χ1n) is 10.6. The summed E-state index contributed by atoms with van der Waals surface area (Å²) in [6.45, 7) is -0.0905. The number of hydrogen-bond acceptors (Lipinski definition) is 4. The maximum atomic E-state index is 13.8. The van der Waals surface area contributed by atoms with Crippen molar-refractivity contribution in [3.05, 3.63) is 115 Å². The van der Waals surface area contributed by atoms with Crippen molar-refractivity contribution in [1.29, 1.82) is 0 Å². The van der Waals surface area contributed by atoms with E-state index in [9.17, 15) is 8.42 Å². The zero-order chi connectivity index (χ0) is 23.6. The number of hydrogen-bond donors (Lipinski definition) is 0. The Labute approximate surface area is 196 Å². The molecule has 0 bridgehead atoms. The molecule has 0 aliphatic rings. The average Bonchev–Trinajstić information content (AvgIpc) is 2.85. The van der Waals surface area contributed by atoms with Crippen molar-refractivity contribution in [2.75, 3.05) is 13.8 Å². The summed E-state index contributed by atoms with van der Waals surface area (Å²) >= 11 is 0. The molecule has 0 heterocycles. The molecule has 4 aromatic rings. The van der Waals surface area contributed by atoms with Crippen LogP contribution in [0, 0.1) is 6.92 Å². The predicted molar refractivity (Wildman–Crippen MR) is 137 cm³/mol. The fourth-order valence-corrected chi connectivity index (χ4v) is 11.4. The first-order valence-corrected chi connectivity index (χ1v) is 14.6. The van der Waals surface area contributed by atoms with E-state index in [1.807, 2.05) is 98.5 Å². The summed E-state index contributed by atoms with van der Waals surface area (Å²) in [6, 6.07) is 33.5. The Balaban J connectivity index is 2.07. The van der Waals surface area contributed by atoms with Crippen molar-refractivity contribution < 1.29 is 17.1 Å². The fourth-order valence-electron chi connectivity index (χ4n) is 4.08. The van der Waals surface area contributed by atoms with Gasteiger partial charge >= 0.3 is 196 Å². The molecule has 0 spiro atoms. The van der Waals surface area contributed by atoms with Crippen molar-refractivity contribution >= 4 is 32.9 Å². The van der Waals surface area contributed by atoms with E-state index in [0.29, 0.717) is 5.75 Å². The van der Waals surface area contributed by atoms with Crippen LogP contribution < -0.4 is 20.7 Å². The average molecular weight is 479 g/mol. The summed E-state index contributed by atoms with van der Waals surface area (Å²) in [5.74, 6) is 0.686. The molecule has 4 rings (SSSR count). The molecule has 0 saturated heterocycles. The minimum absolute atomic E-state index is 0.129. The summed E-state index contributed by atoms with van der Waals surface area (Å²) in [4.78, 5) is 0.129. The second kappa shape index (κ2) is 8.75. The number of rotatable bonds is 7. The normalized spacial score (nSPS) is 13.1. The standard InChI is InChI=1S/C27H27O4PS/c1-22-14-20-27(21-15-22)33(28,29)31-32(3,24-10-6-4-7-11-24,25-12-8-5-9-13-25)26-18-16-23(30-2)17-19-26/h4-21H,1-3H3. The SMILES string of the molecule is COc1ccc(P(C)(OS(=O)(=O)c2ccc(C)cc2)(c2ccccc2)c2ccccc2)cc1. The number of ether oxygens (including phenoxy) is 1. The Hall–Kier alpha value is -2.98. The molecule has 0 saturated carbocycles. The van der Waals surface area contributed by atoms with E-state index < -0.39 is 16.9 Å². The van der Waals surface area contributed by atoms with Crippen molar-refractivity contribution in [3.8, 4) is 5.75 Å². The van der Waals surface area contributed by atoms with Gasteiger partial charge in [0, 0.05) is 0 Å². The van der Waals surface area contributed by atoms with Crippen LogP contribution in [-0.2, 0) is 14.1 Å². The number of methoxy groups -OCH3 is 1. The Morgan fingerprint density at radius 3 is 1.55 bits per heavy atom. The molecule has 33 heavy (non-hydrogen) atoms. The van der Waals surface area contributed by atoms with Crippen LogP contribution >= 0.6 is 6.83 Å². The van der Waals surface area contributed by atoms with Crippen LogP contribution in [0.25, 0.3) is 0 Å². The van der Waals surface area contributed by atoms with E-state index in [1.54, 1.807) is 31.4 Å².